The summed E-state index contributed by atoms with van der Waals surface area (Å²) in [6.45, 7) is 3.21. The van der Waals surface area contributed by atoms with Crippen molar-refractivity contribution in [1.29, 1.82) is 0 Å². The molecule has 1 fully saturated rings. The second-order valence-electron chi connectivity index (χ2n) is 5.39. The van der Waals surface area contributed by atoms with Crippen molar-refractivity contribution >= 4 is 0 Å². The Labute approximate surface area is 115 Å². The zero-order valence-corrected chi connectivity index (χ0v) is 11.7. The predicted octanol–water partition coefficient (Wildman–Crippen LogP) is 3.55. The molecule has 0 aromatic heterocycles. The lowest BCUT2D eigenvalue weighted by Crippen LogP contribution is -2.37. The van der Waals surface area contributed by atoms with Gasteiger partial charge >= 0.3 is 0 Å². The Bertz CT molecular complexity index is 366. The molecule has 0 radical (unpaired) electrons. The lowest BCUT2D eigenvalue weighted by Gasteiger charge is -2.31. The number of hydrogen-bond donors (Lipinski definition) is 1. The minimum absolute atomic E-state index is 0.391. The van der Waals surface area contributed by atoms with Crippen LogP contribution in [0.5, 0.6) is 11.5 Å². The normalized spacial score (nSPS) is 18.0. The van der Waals surface area contributed by atoms with Gasteiger partial charge in [-0.25, -0.2) is 0 Å². The first-order valence-corrected chi connectivity index (χ1v) is 7.30. The van der Waals surface area contributed by atoms with Crippen LogP contribution in [0.25, 0.3) is 0 Å². The van der Waals surface area contributed by atoms with E-state index < -0.39 is 5.60 Å². The summed E-state index contributed by atoms with van der Waals surface area (Å²) < 4.78 is 11.2. The highest BCUT2D eigenvalue weighted by Crippen LogP contribution is 2.29. The predicted molar refractivity (Wildman–Crippen MR) is 75.8 cm³/mol. The molecule has 0 atom stereocenters. The van der Waals surface area contributed by atoms with Crippen molar-refractivity contribution < 1.29 is 14.6 Å². The number of aliphatic hydroxyl groups is 1. The average Bonchev–Trinajstić information content (AvgIpc) is 2.45. The molecule has 1 saturated carbocycles. The maximum absolute atomic E-state index is 10.4. The van der Waals surface area contributed by atoms with E-state index in [0.29, 0.717) is 6.61 Å². The second kappa shape index (κ2) is 6.80. The summed E-state index contributed by atoms with van der Waals surface area (Å²) in [5, 5.41) is 10.4. The second-order valence-corrected chi connectivity index (χ2v) is 5.39. The monoisotopic (exact) mass is 264 g/mol. The van der Waals surface area contributed by atoms with Crippen molar-refractivity contribution in [3.63, 3.8) is 0 Å². The molecule has 0 aliphatic heterocycles. The van der Waals surface area contributed by atoms with Crippen LogP contribution in [0, 0.1) is 0 Å². The minimum atomic E-state index is -0.629. The fourth-order valence-corrected chi connectivity index (χ4v) is 2.42. The lowest BCUT2D eigenvalue weighted by atomic mass is 9.85. The minimum Gasteiger partial charge on any atom is -0.494 e. The maximum atomic E-state index is 10.4. The largest absolute Gasteiger partial charge is 0.494 e. The molecule has 106 valence electrons. The topological polar surface area (TPSA) is 38.7 Å². The fraction of sp³-hybridized carbons (Fsp3) is 0.625. The molecule has 1 aliphatic rings. The van der Waals surface area contributed by atoms with E-state index in [2.05, 4.69) is 6.92 Å². The van der Waals surface area contributed by atoms with Gasteiger partial charge in [-0.2, -0.15) is 0 Å². The third kappa shape index (κ3) is 4.43. The molecule has 0 saturated heterocycles. The van der Waals surface area contributed by atoms with Gasteiger partial charge in [-0.3, -0.25) is 0 Å². The van der Waals surface area contributed by atoms with Gasteiger partial charge in [0.05, 0.1) is 12.2 Å². The smallest absolute Gasteiger partial charge is 0.119 e. The Kier molecular flexibility index (Phi) is 5.08. The summed E-state index contributed by atoms with van der Waals surface area (Å²) in [5.41, 5.74) is -0.629. The molecule has 3 heteroatoms. The summed E-state index contributed by atoms with van der Waals surface area (Å²) in [6.07, 6.45) is 6.14. The molecule has 0 heterocycles. The zero-order valence-electron chi connectivity index (χ0n) is 11.7. The van der Waals surface area contributed by atoms with E-state index in [0.717, 1.165) is 50.2 Å². The van der Waals surface area contributed by atoms with Crippen molar-refractivity contribution in [3.8, 4) is 11.5 Å². The van der Waals surface area contributed by atoms with E-state index in [1.807, 2.05) is 24.3 Å². The van der Waals surface area contributed by atoms with Gasteiger partial charge in [0.1, 0.15) is 18.1 Å². The third-order valence-corrected chi connectivity index (χ3v) is 3.59. The van der Waals surface area contributed by atoms with E-state index >= 15 is 0 Å². The van der Waals surface area contributed by atoms with Gasteiger partial charge in [-0.15, -0.1) is 0 Å². The average molecular weight is 264 g/mol. The molecule has 0 bridgehead atoms. The maximum Gasteiger partial charge on any atom is 0.119 e. The van der Waals surface area contributed by atoms with Gasteiger partial charge in [-0.05, 0) is 43.5 Å². The van der Waals surface area contributed by atoms with Gasteiger partial charge in [0.25, 0.3) is 0 Å². The molecule has 2 rings (SSSR count). The highest BCUT2D eigenvalue weighted by Gasteiger charge is 2.29. The Balaban J connectivity index is 1.82. The van der Waals surface area contributed by atoms with Crippen LogP contribution < -0.4 is 9.47 Å². The number of benzene rings is 1. The number of hydrogen-bond acceptors (Lipinski definition) is 3. The molecule has 0 amide bonds. The Morgan fingerprint density at radius 1 is 1.00 bits per heavy atom. The molecule has 0 spiro atoms. The third-order valence-electron chi connectivity index (χ3n) is 3.59. The van der Waals surface area contributed by atoms with Crippen LogP contribution in [0.2, 0.25) is 0 Å². The van der Waals surface area contributed by atoms with Gasteiger partial charge in [-0.1, -0.05) is 26.2 Å². The van der Waals surface area contributed by atoms with Crippen LogP contribution >= 0.6 is 0 Å². The lowest BCUT2D eigenvalue weighted by molar-refractivity contribution is -0.0339. The van der Waals surface area contributed by atoms with Crippen LogP contribution in [0.1, 0.15) is 45.4 Å². The van der Waals surface area contributed by atoms with E-state index in [-0.39, 0.29) is 0 Å². The molecule has 1 aliphatic carbocycles. The van der Waals surface area contributed by atoms with Crippen LogP contribution in [0.3, 0.4) is 0 Å². The Morgan fingerprint density at radius 2 is 1.58 bits per heavy atom. The van der Waals surface area contributed by atoms with Crippen LogP contribution in [-0.4, -0.2) is 23.9 Å². The molecule has 19 heavy (non-hydrogen) atoms. The Hall–Kier alpha value is -1.22. The summed E-state index contributed by atoms with van der Waals surface area (Å²) >= 11 is 0. The van der Waals surface area contributed by atoms with E-state index in [4.69, 9.17) is 9.47 Å². The summed E-state index contributed by atoms with van der Waals surface area (Å²) in [6, 6.07) is 7.63. The summed E-state index contributed by atoms with van der Waals surface area (Å²) in [4.78, 5) is 0. The van der Waals surface area contributed by atoms with Crippen LogP contribution in [0.4, 0.5) is 0 Å². The molecular weight excluding hydrogens is 240 g/mol. The molecule has 1 aromatic carbocycles. The summed E-state index contributed by atoms with van der Waals surface area (Å²) in [5.74, 6) is 1.66. The molecule has 1 N–H and O–H groups in total. The van der Waals surface area contributed by atoms with Crippen molar-refractivity contribution in [3.05, 3.63) is 24.3 Å². The first-order valence-electron chi connectivity index (χ1n) is 7.30. The van der Waals surface area contributed by atoms with Crippen molar-refractivity contribution in [2.24, 2.45) is 0 Å². The summed E-state index contributed by atoms with van der Waals surface area (Å²) in [7, 11) is 0. The van der Waals surface area contributed by atoms with Gasteiger partial charge < -0.3 is 14.6 Å². The molecular formula is C16H24O3. The van der Waals surface area contributed by atoms with Crippen molar-refractivity contribution in [1.82, 2.24) is 0 Å². The first kappa shape index (κ1) is 14.2. The SMILES string of the molecule is CCCOc1ccc(OCC2(O)CCCCC2)cc1. The van der Waals surface area contributed by atoms with Gasteiger partial charge in [0.2, 0.25) is 0 Å². The number of ether oxygens (including phenoxy) is 2. The van der Waals surface area contributed by atoms with E-state index in [9.17, 15) is 5.11 Å². The Morgan fingerprint density at radius 3 is 2.16 bits per heavy atom. The van der Waals surface area contributed by atoms with Gasteiger partial charge in [0, 0.05) is 0 Å². The van der Waals surface area contributed by atoms with Crippen LogP contribution in [0.15, 0.2) is 24.3 Å². The highest BCUT2D eigenvalue weighted by molar-refractivity contribution is 5.31. The highest BCUT2D eigenvalue weighted by atomic mass is 16.5. The van der Waals surface area contributed by atoms with Crippen LogP contribution in [-0.2, 0) is 0 Å². The van der Waals surface area contributed by atoms with E-state index in [1.165, 1.54) is 6.42 Å². The van der Waals surface area contributed by atoms with E-state index in [1.54, 1.807) is 0 Å². The molecule has 0 unspecified atom stereocenters. The standard InChI is InChI=1S/C16H24O3/c1-2-12-18-14-6-8-15(9-7-14)19-13-16(17)10-4-3-5-11-16/h6-9,17H,2-5,10-13H2,1H3. The van der Waals surface area contributed by atoms with Crippen molar-refractivity contribution in [2.45, 2.75) is 51.0 Å². The zero-order chi connectivity index (χ0) is 13.6. The quantitative estimate of drug-likeness (QED) is 0.854. The number of rotatable bonds is 6. The first-order chi connectivity index (χ1) is 9.22. The fourth-order valence-electron chi connectivity index (χ4n) is 2.42. The van der Waals surface area contributed by atoms with Crippen molar-refractivity contribution in [2.75, 3.05) is 13.2 Å². The molecule has 3 nitrogen and oxygen atoms in total. The van der Waals surface area contributed by atoms with Gasteiger partial charge in [0.15, 0.2) is 0 Å². The molecule has 1 aromatic rings.